The molecule has 6 rings (SSSR count). The topological polar surface area (TPSA) is 37.0 Å². The maximum absolute atomic E-state index is 14.2. The van der Waals surface area contributed by atoms with Gasteiger partial charge in [-0.15, -0.1) is 0 Å². The molecule has 6 aromatic rings. The Hall–Kier alpha value is -6.48. The fraction of sp³-hybridized carbons (Fsp3) is 0.227. The molecule has 0 unspecified atom stereocenters. The van der Waals surface area contributed by atoms with E-state index >= 15 is 0 Å². The Morgan fingerprint density at radius 3 is 0.847 bits per heavy atom. The minimum Gasteiger partial charge on any atom is -0.385 e. The predicted octanol–water partition coefficient (Wildman–Crippen LogP) is 12.1. The van der Waals surface area contributed by atoms with E-state index in [0.29, 0.717) is 0 Å². The highest BCUT2D eigenvalue weighted by Gasteiger charge is 2.47. The summed E-state index contributed by atoms with van der Waals surface area (Å²) in [6, 6.07) is 1.33. The number of halogens is 24. The minimum absolute atomic E-state index is 0.0146. The molecule has 3 nitrogen and oxygen atoms in total. The summed E-state index contributed by atoms with van der Waals surface area (Å²) in [6.07, 6.45) is -49.5. The average molecular weight is 1060 g/mol. The van der Waals surface area contributed by atoms with Crippen LogP contribution in [0.2, 0.25) is 0 Å². The van der Waals surface area contributed by atoms with Crippen LogP contribution < -0.4 is 26.4 Å². The van der Waals surface area contributed by atoms with E-state index in [9.17, 15) is 105 Å². The summed E-state index contributed by atoms with van der Waals surface area (Å²) >= 11 is 0. The van der Waals surface area contributed by atoms with E-state index in [-0.39, 0.29) is 6.61 Å². The standard InChI is InChI=1S/C32H12BF24.C12H13N2O/c34-25(35,36)13-1-14(26(37,38)39)6-21(5-13)33(22-7-15(27(40,41)42)2-16(8-22)28(43,44)45,23-9-17(29(46,47)48)3-18(10-23)30(49,50)51)24-11-19(31(52,53)54)4-20(12-24)32(55,56)57;15-10-12-8-13-6-7-14(12)9-11-4-2-1-3-5-11/h1-12H;1-8,15H,9-10H2/q-1;+1. The lowest BCUT2D eigenvalue weighted by molar-refractivity contribution is -0.698. The summed E-state index contributed by atoms with van der Waals surface area (Å²) in [5.41, 5.74) is -28.2. The first-order valence-electron chi connectivity index (χ1n) is 19.5. The van der Waals surface area contributed by atoms with Crippen molar-refractivity contribution in [2.45, 2.75) is 62.6 Å². The van der Waals surface area contributed by atoms with Gasteiger partial charge < -0.3 is 5.11 Å². The first kappa shape index (κ1) is 56.4. The number of aliphatic hydroxyl groups is 1. The van der Waals surface area contributed by atoms with E-state index in [2.05, 4.69) is 17.1 Å². The highest BCUT2D eigenvalue weighted by atomic mass is 19.4. The smallest absolute Gasteiger partial charge is 0.385 e. The van der Waals surface area contributed by atoms with E-state index in [1.807, 2.05) is 29.0 Å². The predicted molar refractivity (Wildman–Crippen MR) is 206 cm³/mol. The van der Waals surface area contributed by atoms with Gasteiger partial charge in [0.15, 0.2) is 12.7 Å². The number of nitrogens with zero attached hydrogens (tertiary/aromatic N) is 2. The van der Waals surface area contributed by atoms with Gasteiger partial charge >= 0.3 is 49.4 Å². The molecule has 0 aliphatic heterocycles. The van der Waals surface area contributed by atoms with Gasteiger partial charge in [-0.2, -0.15) is 132 Å². The molecule has 1 N–H and O–H groups in total. The van der Waals surface area contributed by atoms with Crippen molar-refractivity contribution < 1.29 is 115 Å². The highest BCUT2D eigenvalue weighted by molar-refractivity contribution is 7.20. The van der Waals surface area contributed by atoms with Crippen molar-refractivity contribution in [3.63, 3.8) is 0 Å². The van der Waals surface area contributed by atoms with Crippen molar-refractivity contribution in [1.82, 2.24) is 4.98 Å². The molecule has 0 aliphatic carbocycles. The van der Waals surface area contributed by atoms with E-state index in [0.717, 1.165) is 12.2 Å². The van der Waals surface area contributed by atoms with Crippen molar-refractivity contribution in [1.29, 1.82) is 0 Å². The van der Waals surface area contributed by atoms with Crippen LogP contribution in [0.15, 0.2) is 122 Å². The van der Waals surface area contributed by atoms with Gasteiger partial charge in [0.05, 0.1) is 56.9 Å². The van der Waals surface area contributed by atoms with Crippen molar-refractivity contribution in [3.05, 3.63) is 177 Å². The van der Waals surface area contributed by atoms with E-state index in [1.165, 1.54) is 5.56 Å². The Labute approximate surface area is 387 Å². The van der Waals surface area contributed by atoms with Gasteiger partial charge in [-0.3, -0.25) is 4.98 Å². The van der Waals surface area contributed by atoms with Gasteiger partial charge in [-0.25, -0.2) is 0 Å². The van der Waals surface area contributed by atoms with Gasteiger partial charge in [-0.05, 0) is 24.3 Å². The van der Waals surface area contributed by atoms with Crippen molar-refractivity contribution >= 4 is 28.0 Å². The maximum atomic E-state index is 14.2. The summed E-state index contributed by atoms with van der Waals surface area (Å²) in [4.78, 5) is 3.98. The molecular weight excluding hydrogens is 1040 g/mol. The number of rotatable bonds is 7. The van der Waals surface area contributed by atoms with Crippen LogP contribution in [0.4, 0.5) is 105 Å². The van der Waals surface area contributed by atoms with Crippen LogP contribution in [0.5, 0.6) is 0 Å². The SMILES string of the molecule is FC(F)(F)c1cc([B-](c2cc(C(F)(F)F)cc(C(F)(F)F)c2)(c2cc(C(F)(F)F)cc(C(F)(F)F)c2)c2cc(C(F)(F)F)cc(C(F)(F)F)c2)cc(C(F)(F)F)c1.OCc1cncc[n+]1Cc1ccccc1. The molecular formula is C44H25BF24N2O. The number of benzene rings is 5. The van der Waals surface area contributed by atoms with Crippen molar-refractivity contribution in [2.24, 2.45) is 0 Å². The fourth-order valence-electron chi connectivity index (χ4n) is 7.55. The molecule has 0 atom stereocenters. The summed E-state index contributed by atoms with van der Waals surface area (Å²) < 4.78 is 343. The fourth-order valence-corrected chi connectivity index (χ4v) is 7.55. The number of aliphatic hydroxyl groups excluding tert-OH is 1. The lowest BCUT2D eigenvalue weighted by Crippen LogP contribution is -2.75. The molecule has 0 saturated heterocycles. The monoisotopic (exact) mass is 1060 g/mol. The number of alkyl halides is 24. The van der Waals surface area contributed by atoms with Gasteiger partial charge in [0, 0.05) is 5.56 Å². The summed E-state index contributed by atoms with van der Waals surface area (Å²) in [5, 5.41) is 9.14. The Kier molecular flexibility index (Phi) is 15.3. The Balaban J connectivity index is 0.000000542. The van der Waals surface area contributed by atoms with Crippen LogP contribution in [0, 0.1) is 0 Å². The molecule has 0 saturated carbocycles. The van der Waals surface area contributed by atoms with Crippen LogP contribution in [0.25, 0.3) is 0 Å². The molecule has 72 heavy (non-hydrogen) atoms. The molecule has 0 spiro atoms. The molecule has 5 aromatic carbocycles. The van der Waals surface area contributed by atoms with Gasteiger partial charge in [0.25, 0.3) is 0 Å². The van der Waals surface area contributed by atoms with Crippen LogP contribution in [-0.2, 0) is 62.6 Å². The second kappa shape index (κ2) is 19.5. The van der Waals surface area contributed by atoms with Crippen LogP contribution in [-0.4, -0.2) is 16.2 Å². The quantitative estimate of drug-likeness (QED) is 0.0983. The molecule has 0 fully saturated rings. The second-order valence-corrected chi connectivity index (χ2v) is 15.6. The molecule has 28 heteroatoms. The van der Waals surface area contributed by atoms with E-state index in [1.54, 1.807) is 12.4 Å². The van der Waals surface area contributed by atoms with Crippen LogP contribution >= 0.6 is 0 Å². The molecule has 388 valence electrons. The lowest BCUT2D eigenvalue weighted by Gasteiger charge is -2.46. The summed E-state index contributed by atoms with van der Waals surface area (Å²) in [6.45, 7) is 0.778. The lowest BCUT2D eigenvalue weighted by atomic mass is 9.12. The highest BCUT2D eigenvalue weighted by Crippen LogP contribution is 2.41. The molecule has 1 aromatic heterocycles. The normalized spacial score (nSPS) is 13.5. The summed E-state index contributed by atoms with van der Waals surface area (Å²) in [7, 11) is 0. The van der Waals surface area contributed by atoms with E-state index in [4.69, 9.17) is 5.11 Å². The zero-order valence-corrected chi connectivity index (χ0v) is 35.0. The zero-order valence-electron chi connectivity index (χ0n) is 35.0. The van der Waals surface area contributed by atoms with Crippen molar-refractivity contribution in [3.8, 4) is 0 Å². The molecule has 1 heterocycles. The third kappa shape index (κ3) is 12.9. The number of hydrogen-bond donors (Lipinski definition) is 1. The van der Waals surface area contributed by atoms with E-state index < -0.39 is 195 Å². The molecule has 0 radical (unpaired) electrons. The second-order valence-electron chi connectivity index (χ2n) is 15.6. The summed E-state index contributed by atoms with van der Waals surface area (Å²) in [5.74, 6) is 0. The van der Waals surface area contributed by atoms with Gasteiger partial charge in [-0.1, -0.05) is 78.9 Å². The largest absolute Gasteiger partial charge is 0.416 e. The molecule has 0 bridgehead atoms. The first-order valence-corrected chi connectivity index (χ1v) is 19.5. The minimum atomic E-state index is -6.13. The number of aromatic nitrogens is 2. The average Bonchev–Trinajstić information content (AvgIpc) is 3.25. The van der Waals surface area contributed by atoms with Crippen molar-refractivity contribution in [2.75, 3.05) is 0 Å². The Morgan fingerprint density at radius 2 is 0.625 bits per heavy atom. The zero-order chi connectivity index (χ0) is 54.4. The third-order valence-electron chi connectivity index (χ3n) is 10.7. The number of hydrogen-bond acceptors (Lipinski definition) is 2. The maximum Gasteiger partial charge on any atom is 0.416 e. The van der Waals surface area contributed by atoms with Gasteiger partial charge in [0.2, 0.25) is 5.69 Å². The molecule has 0 amide bonds. The van der Waals surface area contributed by atoms with Crippen LogP contribution in [0.3, 0.4) is 0 Å². The van der Waals surface area contributed by atoms with Gasteiger partial charge in [0.1, 0.15) is 12.8 Å². The van der Waals surface area contributed by atoms with Crippen LogP contribution in [0.1, 0.15) is 55.8 Å². The molecule has 0 aliphatic rings. The third-order valence-corrected chi connectivity index (χ3v) is 10.7. The first-order chi connectivity index (χ1) is 32.7. The Bertz CT molecular complexity index is 2440. The Morgan fingerprint density at radius 1 is 0.375 bits per heavy atom.